The Morgan fingerprint density at radius 2 is 1.55 bits per heavy atom. The van der Waals surface area contributed by atoms with Crippen molar-refractivity contribution in [1.29, 1.82) is 0 Å². The minimum absolute atomic E-state index is 0. The van der Waals surface area contributed by atoms with Crippen LogP contribution in [0.25, 0.3) is 10.8 Å². The molecule has 0 saturated heterocycles. The van der Waals surface area contributed by atoms with Crippen molar-refractivity contribution >= 4 is 28.3 Å². The van der Waals surface area contributed by atoms with Crippen LogP contribution in [-0.2, 0) is 11.2 Å². The number of anilines is 1. The number of rotatable bonds is 7. The molecule has 0 aliphatic rings. The Hall–Kier alpha value is -4.06. The molecular formula is C25H26N4O2. The summed E-state index contributed by atoms with van der Waals surface area (Å²) in [6, 6.07) is 23.7. The predicted molar refractivity (Wildman–Crippen MR) is 125 cm³/mol. The fourth-order valence-corrected chi connectivity index (χ4v) is 3.41. The molecule has 1 unspecified atom stereocenters. The molecule has 4 aromatic rings. The van der Waals surface area contributed by atoms with Gasteiger partial charge in [0.25, 0.3) is 5.91 Å². The van der Waals surface area contributed by atoms with Gasteiger partial charge in [-0.05, 0) is 36.6 Å². The third-order valence-electron chi connectivity index (χ3n) is 5.07. The maximum atomic E-state index is 13.2. The first kappa shape index (κ1) is 20.2. The molecule has 0 bridgehead atoms. The van der Waals surface area contributed by atoms with E-state index >= 15 is 0 Å². The topological polar surface area (TPSA) is 84.0 Å². The fourth-order valence-electron chi connectivity index (χ4n) is 3.41. The molecule has 4 rings (SSSR count). The van der Waals surface area contributed by atoms with Crippen LogP contribution in [0.1, 0.15) is 25.2 Å². The highest BCUT2D eigenvalue weighted by molar-refractivity contribution is 6.05. The first-order valence-corrected chi connectivity index (χ1v) is 10.1. The van der Waals surface area contributed by atoms with Gasteiger partial charge in [0, 0.05) is 19.2 Å². The second-order valence-electron chi connectivity index (χ2n) is 7.20. The van der Waals surface area contributed by atoms with Crippen LogP contribution < -0.4 is 10.6 Å². The number of carbonyl (C=O) groups is 2. The molecule has 2 N–H and O–H groups in total. The summed E-state index contributed by atoms with van der Waals surface area (Å²) in [7, 11) is 0. The van der Waals surface area contributed by atoms with E-state index in [0.717, 1.165) is 16.3 Å². The second kappa shape index (κ2) is 9.63. The van der Waals surface area contributed by atoms with E-state index in [1.165, 1.54) is 0 Å². The van der Waals surface area contributed by atoms with Crippen LogP contribution in [0.15, 0.2) is 91.3 Å². The van der Waals surface area contributed by atoms with E-state index in [0.29, 0.717) is 24.1 Å². The van der Waals surface area contributed by atoms with E-state index in [2.05, 4.69) is 20.8 Å². The van der Waals surface area contributed by atoms with Crippen molar-refractivity contribution in [3.63, 3.8) is 0 Å². The van der Waals surface area contributed by atoms with Gasteiger partial charge in [0.1, 0.15) is 6.04 Å². The first-order chi connectivity index (χ1) is 15.2. The highest BCUT2D eigenvalue weighted by atomic mass is 16.2. The number of nitrogens with zero attached hydrogens (tertiary/aromatic N) is 2. The van der Waals surface area contributed by atoms with Crippen molar-refractivity contribution in [3.8, 4) is 0 Å². The van der Waals surface area contributed by atoms with Crippen LogP contribution in [0.4, 0.5) is 5.69 Å². The summed E-state index contributed by atoms with van der Waals surface area (Å²) < 4.78 is 0. The minimum Gasteiger partial charge on any atom is -0.340 e. The monoisotopic (exact) mass is 414 g/mol. The molecule has 0 aliphatic carbocycles. The molecule has 31 heavy (non-hydrogen) atoms. The number of amides is 2. The Kier molecular flexibility index (Phi) is 6.28. The van der Waals surface area contributed by atoms with Crippen molar-refractivity contribution in [2.24, 2.45) is 0 Å². The number of aromatic nitrogens is 2. The maximum Gasteiger partial charge on any atom is 0.251 e. The highest BCUT2D eigenvalue weighted by Gasteiger charge is 2.22. The Labute approximate surface area is 183 Å². The zero-order valence-electron chi connectivity index (χ0n) is 16.9. The number of fused-ring (bicyclic) bond motifs is 1. The maximum absolute atomic E-state index is 13.2. The van der Waals surface area contributed by atoms with Crippen molar-refractivity contribution < 1.29 is 12.4 Å². The number of hydrogen-bond acceptors (Lipinski definition) is 4. The normalized spacial score (nSPS) is 11.6. The number of nitrogens with one attached hydrogen (secondary N) is 2. The van der Waals surface area contributed by atoms with E-state index in [-0.39, 0.29) is 14.7 Å². The number of hydrogen-bond donors (Lipinski definition) is 2. The van der Waals surface area contributed by atoms with Gasteiger partial charge in [-0.15, -0.1) is 0 Å². The lowest BCUT2D eigenvalue weighted by molar-refractivity contribution is -0.118. The Balaban J connectivity index is 0.00000193. The van der Waals surface area contributed by atoms with Gasteiger partial charge in [-0.3, -0.25) is 9.59 Å². The minimum atomic E-state index is -0.696. The molecule has 6 heteroatoms. The van der Waals surface area contributed by atoms with Crippen molar-refractivity contribution in [2.75, 3.05) is 5.32 Å². The standard InChI is InChI=1S/C25H22N4O2.2H2/c30-24(19-10-5-2-6-11-19)29-23(15-14-18-8-3-1-4-9-18)25(31)28-22-13-7-12-20-16-26-27-17-21(20)22;;/h1-13,16-17,23H,14-15H2,(H,28,31)(H,29,30);2*1H. The molecule has 0 saturated carbocycles. The van der Waals surface area contributed by atoms with E-state index in [1.807, 2.05) is 54.6 Å². The van der Waals surface area contributed by atoms with Gasteiger partial charge in [0.05, 0.1) is 18.1 Å². The quantitative estimate of drug-likeness (QED) is 0.467. The van der Waals surface area contributed by atoms with Crippen LogP contribution in [0.2, 0.25) is 0 Å². The van der Waals surface area contributed by atoms with E-state index < -0.39 is 6.04 Å². The van der Waals surface area contributed by atoms with Crippen LogP contribution in [-0.4, -0.2) is 28.1 Å². The summed E-state index contributed by atoms with van der Waals surface area (Å²) in [6.07, 6.45) is 4.40. The van der Waals surface area contributed by atoms with Gasteiger partial charge in [0.2, 0.25) is 5.91 Å². The molecule has 2 amide bonds. The van der Waals surface area contributed by atoms with Gasteiger partial charge in [-0.2, -0.15) is 10.2 Å². The predicted octanol–water partition coefficient (Wildman–Crippen LogP) is 4.49. The fraction of sp³-hybridized carbons (Fsp3) is 0.120. The zero-order valence-corrected chi connectivity index (χ0v) is 16.9. The molecule has 0 fully saturated rings. The second-order valence-corrected chi connectivity index (χ2v) is 7.20. The molecule has 0 aliphatic heterocycles. The molecule has 1 aromatic heterocycles. The molecule has 0 radical (unpaired) electrons. The van der Waals surface area contributed by atoms with Crippen molar-refractivity contribution in [1.82, 2.24) is 15.5 Å². The molecule has 3 aromatic carbocycles. The first-order valence-electron chi connectivity index (χ1n) is 10.1. The van der Waals surface area contributed by atoms with Gasteiger partial charge in [-0.25, -0.2) is 0 Å². The lowest BCUT2D eigenvalue weighted by atomic mass is 10.0. The van der Waals surface area contributed by atoms with E-state index in [9.17, 15) is 9.59 Å². The van der Waals surface area contributed by atoms with Crippen molar-refractivity contribution in [2.45, 2.75) is 18.9 Å². The Bertz CT molecular complexity index is 1190. The van der Waals surface area contributed by atoms with E-state index in [1.54, 1.807) is 36.7 Å². The third kappa shape index (κ3) is 5.11. The van der Waals surface area contributed by atoms with Crippen molar-refractivity contribution in [3.05, 3.63) is 102 Å². The summed E-state index contributed by atoms with van der Waals surface area (Å²) in [6.45, 7) is 0. The summed E-state index contributed by atoms with van der Waals surface area (Å²) in [5.74, 6) is -0.554. The number of carbonyl (C=O) groups excluding carboxylic acids is 2. The molecule has 1 atom stereocenters. The van der Waals surface area contributed by atoms with Gasteiger partial charge in [0.15, 0.2) is 0 Å². The van der Waals surface area contributed by atoms with Crippen LogP contribution in [0, 0.1) is 0 Å². The Morgan fingerprint density at radius 3 is 2.32 bits per heavy atom. The molecular weight excluding hydrogens is 388 g/mol. The largest absolute Gasteiger partial charge is 0.340 e. The van der Waals surface area contributed by atoms with Gasteiger partial charge < -0.3 is 10.6 Å². The number of aryl methyl sites for hydroxylation is 1. The lowest BCUT2D eigenvalue weighted by Gasteiger charge is -2.19. The molecule has 6 nitrogen and oxygen atoms in total. The van der Waals surface area contributed by atoms with Crippen LogP contribution in [0.3, 0.4) is 0 Å². The molecule has 0 spiro atoms. The Morgan fingerprint density at radius 1 is 0.839 bits per heavy atom. The van der Waals surface area contributed by atoms with Gasteiger partial charge in [-0.1, -0.05) is 60.7 Å². The number of benzene rings is 3. The summed E-state index contributed by atoms with van der Waals surface area (Å²) in [4.78, 5) is 25.9. The molecule has 1 heterocycles. The highest BCUT2D eigenvalue weighted by Crippen LogP contribution is 2.22. The smallest absolute Gasteiger partial charge is 0.251 e. The summed E-state index contributed by atoms with van der Waals surface area (Å²) in [5.41, 5.74) is 2.26. The summed E-state index contributed by atoms with van der Waals surface area (Å²) >= 11 is 0. The molecule has 158 valence electrons. The average molecular weight is 415 g/mol. The van der Waals surface area contributed by atoms with Crippen LogP contribution >= 0.6 is 0 Å². The van der Waals surface area contributed by atoms with E-state index in [4.69, 9.17) is 0 Å². The summed E-state index contributed by atoms with van der Waals surface area (Å²) in [5, 5.41) is 15.3. The zero-order chi connectivity index (χ0) is 21.5. The van der Waals surface area contributed by atoms with Gasteiger partial charge >= 0.3 is 0 Å². The third-order valence-corrected chi connectivity index (χ3v) is 5.07. The van der Waals surface area contributed by atoms with Crippen LogP contribution in [0.5, 0.6) is 0 Å². The SMILES string of the molecule is O=C(NC(CCc1ccccc1)C(=O)Nc1cccc2cnncc12)c1ccccc1.[HH].[HH]. The lowest BCUT2D eigenvalue weighted by Crippen LogP contribution is -2.44. The average Bonchev–Trinajstić information content (AvgIpc) is 2.83.